The van der Waals surface area contributed by atoms with Crippen LogP contribution in [0.4, 0.5) is 15.9 Å². The summed E-state index contributed by atoms with van der Waals surface area (Å²) >= 11 is 0. The smallest absolute Gasteiger partial charge is 0.255 e. The Morgan fingerprint density at radius 3 is 2.44 bits per heavy atom. The van der Waals surface area contributed by atoms with Gasteiger partial charge in [-0.15, -0.1) is 0 Å². The lowest BCUT2D eigenvalue weighted by Gasteiger charge is -2.23. The first kappa shape index (κ1) is 21.5. The van der Waals surface area contributed by atoms with Gasteiger partial charge in [0.1, 0.15) is 11.6 Å². The maximum absolute atomic E-state index is 13.1. The number of amides is 2. The molecule has 0 spiro atoms. The summed E-state index contributed by atoms with van der Waals surface area (Å²) in [5, 5.41) is 2.89. The molecule has 0 atom stereocenters. The van der Waals surface area contributed by atoms with Crippen LogP contribution in [0.1, 0.15) is 32.7 Å². The number of carbonyl (C=O) groups excluding carboxylic acids is 2. The molecule has 1 N–H and O–H groups in total. The standard InChI is InChI=1S/C25H25FN4O2/c1-18-5-2-3-6-22(18)24(31)28-21-11-12-23(27-17-21)29-13-4-14-30(16-15-29)25(32)19-7-9-20(26)10-8-19/h2-3,5-12,17H,4,13-16H2,1H3,(H,28,31). The molecular weight excluding hydrogens is 407 g/mol. The fourth-order valence-electron chi connectivity index (χ4n) is 3.80. The normalized spacial score (nSPS) is 14.1. The van der Waals surface area contributed by atoms with Crippen LogP contribution in [0.25, 0.3) is 0 Å². The number of rotatable bonds is 4. The minimum absolute atomic E-state index is 0.0888. The number of hydrogen-bond donors (Lipinski definition) is 1. The van der Waals surface area contributed by atoms with Gasteiger partial charge in [-0.1, -0.05) is 18.2 Å². The van der Waals surface area contributed by atoms with Gasteiger partial charge in [-0.05, 0) is 61.4 Å². The average Bonchev–Trinajstić information content (AvgIpc) is 3.06. The number of aryl methyl sites for hydroxylation is 1. The summed E-state index contributed by atoms with van der Waals surface area (Å²) < 4.78 is 13.1. The van der Waals surface area contributed by atoms with E-state index in [1.54, 1.807) is 17.2 Å². The monoisotopic (exact) mass is 432 g/mol. The van der Waals surface area contributed by atoms with Crippen molar-refractivity contribution in [2.24, 2.45) is 0 Å². The van der Waals surface area contributed by atoms with E-state index in [1.807, 2.05) is 37.3 Å². The highest BCUT2D eigenvalue weighted by Gasteiger charge is 2.21. The largest absolute Gasteiger partial charge is 0.355 e. The molecule has 0 unspecified atom stereocenters. The number of pyridine rings is 1. The molecular formula is C25H25FN4O2. The molecule has 1 aliphatic heterocycles. The highest BCUT2D eigenvalue weighted by Crippen LogP contribution is 2.18. The van der Waals surface area contributed by atoms with Gasteiger partial charge in [-0.2, -0.15) is 0 Å². The van der Waals surface area contributed by atoms with Crippen LogP contribution in [0.2, 0.25) is 0 Å². The van der Waals surface area contributed by atoms with E-state index in [1.165, 1.54) is 24.3 Å². The minimum atomic E-state index is -0.354. The van der Waals surface area contributed by atoms with Gasteiger partial charge in [0.2, 0.25) is 0 Å². The third-order valence-corrected chi connectivity index (χ3v) is 5.59. The summed E-state index contributed by atoms with van der Waals surface area (Å²) in [6, 6.07) is 16.8. The molecule has 2 heterocycles. The van der Waals surface area contributed by atoms with Crippen molar-refractivity contribution >= 4 is 23.3 Å². The predicted molar refractivity (Wildman–Crippen MR) is 123 cm³/mol. The zero-order chi connectivity index (χ0) is 22.5. The molecule has 1 aliphatic rings. The first-order valence-corrected chi connectivity index (χ1v) is 10.6. The second kappa shape index (κ2) is 9.60. The Hall–Kier alpha value is -3.74. The zero-order valence-corrected chi connectivity index (χ0v) is 17.9. The SMILES string of the molecule is Cc1ccccc1C(=O)Nc1ccc(N2CCCN(C(=O)c3ccc(F)cc3)CC2)nc1. The van der Waals surface area contributed by atoms with Crippen molar-refractivity contribution in [2.75, 3.05) is 36.4 Å². The zero-order valence-electron chi connectivity index (χ0n) is 17.9. The number of carbonyl (C=O) groups is 2. The second-order valence-corrected chi connectivity index (χ2v) is 7.81. The molecule has 32 heavy (non-hydrogen) atoms. The molecule has 4 rings (SSSR count). The minimum Gasteiger partial charge on any atom is -0.355 e. The summed E-state index contributed by atoms with van der Waals surface area (Å²) in [6.07, 6.45) is 2.46. The van der Waals surface area contributed by atoms with Crippen molar-refractivity contribution in [3.63, 3.8) is 0 Å². The highest BCUT2D eigenvalue weighted by molar-refractivity contribution is 6.05. The number of nitrogens with zero attached hydrogens (tertiary/aromatic N) is 3. The van der Waals surface area contributed by atoms with E-state index in [-0.39, 0.29) is 17.6 Å². The fraction of sp³-hybridized carbons (Fsp3) is 0.240. The van der Waals surface area contributed by atoms with Crippen LogP contribution in [-0.2, 0) is 0 Å². The van der Waals surface area contributed by atoms with E-state index in [0.717, 1.165) is 24.3 Å². The number of hydrogen-bond acceptors (Lipinski definition) is 4. The summed E-state index contributed by atoms with van der Waals surface area (Å²) in [6.45, 7) is 4.52. The Kier molecular flexibility index (Phi) is 6.44. The molecule has 2 aromatic carbocycles. The fourth-order valence-corrected chi connectivity index (χ4v) is 3.80. The average molecular weight is 432 g/mol. The first-order valence-electron chi connectivity index (χ1n) is 10.6. The summed E-state index contributed by atoms with van der Waals surface area (Å²) in [4.78, 5) is 33.7. The number of anilines is 2. The lowest BCUT2D eigenvalue weighted by atomic mass is 10.1. The van der Waals surface area contributed by atoms with Crippen LogP contribution in [0.15, 0.2) is 66.9 Å². The Labute approximate surface area is 186 Å². The van der Waals surface area contributed by atoms with Crippen LogP contribution in [0.5, 0.6) is 0 Å². The molecule has 6 nitrogen and oxygen atoms in total. The molecule has 3 aromatic rings. The molecule has 164 valence electrons. The van der Waals surface area contributed by atoms with Crippen molar-refractivity contribution in [3.05, 3.63) is 89.4 Å². The molecule has 0 bridgehead atoms. The van der Waals surface area contributed by atoms with E-state index in [2.05, 4.69) is 15.2 Å². The van der Waals surface area contributed by atoms with Crippen molar-refractivity contribution in [1.82, 2.24) is 9.88 Å². The Morgan fingerprint density at radius 2 is 1.72 bits per heavy atom. The van der Waals surface area contributed by atoms with Gasteiger partial charge in [0.25, 0.3) is 11.8 Å². The summed E-state index contributed by atoms with van der Waals surface area (Å²) in [7, 11) is 0. The number of benzene rings is 2. The molecule has 1 saturated heterocycles. The molecule has 0 aliphatic carbocycles. The molecule has 2 amide bonds. The van der Waals surface area contributed by atoms with Gasteiger partial charge >= 0.3 is 0 Å². The van der Waals surface area contributed by atoms with Gasteiger partial charge in [-0.25, -0.2) is 9.37 Å². The van der Waals surface area contributed by atoms with E-state index < -0.39 is 0 Å². The summed E-state index contributed by atoms with van der Waals surface area (Å²) in [5.74, 6) is 0.194. The van der Waals surface area contributed by atoms with Crippen molar-refractivity contribution < 1.29 is 14.0 Å². The third kappa shape index (κ3) is 4.94. The molecule has 0 radical (unpaired) electrons. The van der Waals surface area contributed by atoms with Gasteiger partial charge in [-0.3, -0.25) is 9.59 Å². The maximum Gasteiger partial charge on any atom is 0.255 e. The van der Waals surface area contributed by atoms with Crippen molar-refractivity contribution in [1.29, 1.82) is 0 Å². The first-order chi connectivity index (χ1) is 15.5. The van der Waals surface area contributed by atoms with Crippen LogP contribution < -0.4 is 10.2 Å². The molecule has 1 fully saturated rings. The predicted octanol–water partition coefficient (Wildman–Crippen LogP) is 4.13. The number of nitrogens with one attached hydrogen (secondary N) is 1. The van der Waals surface area contributed by atoms with Gasteiger partial charge in [0.05, 0.1) is 11.9 Å². The number of aromatic nitrogens is 1. The topological polar surface area (TPSA) is 65.5 Å². The lowest BCUT2D eigenvalue weighted by molar-refractivity contribution is 0.0766. The Bertz CT molecular complexity index is 1100. The molecule has 0 saturated carbocycles. The van der Waals surface area contributed by atoms with Gasteiger partial charge in [0, 0.05) is 37.3 Å². The lowest BCUT2D eigenvalue weighted by Crippen LogP contribution is -2.35. The highest BCUT2D eigenvalue weighted by atomic mass is 19.1. The van der Waals surface area contributed by atoms with Crippen LogP contribution in [0, 0.1) is 12.7 Å². The number of halogens is 1. The van der Waals surface area contributed by atoms with E-state index in [9.17, 15) is 14.0 Å². The quantitative estimate of drug-likeness (QED) is 0.673. The van der Waals surface area contributed by atoms with Crippen molar-refractivity contribution in [3.8, 4) is 0 Å². The van der Waals surface area contributed by atoms with Crippen molar-refractivity contribution in [2.45, 2.75) is 13.3 Å². The van der Waals surface area contributed by atoms with Crippen LogP contribution in [-0.4, -0.2) is 47.9 Å². The van der Waals surface area contributed by atoms with Gasteiger partial charge in [0.15, 0.2) is 0 Å². The van der Waals surface area contributed by atoms with E-state index in [4.69, 9.17) is 0 Å². The van der Waals surface area contributed by atoms with Crippen LogP contribution in [0.3, 0.4) is 0 Å². The Morgan fingerprint density at radius 1 is 0.938 bits per heavy atom. The third-order valence-electron chi connectivity index (χ3n) is 5.59. The summed E-state index contributed by atoms with van der Waals surface area (Å²) in [5.41, 5.74) is 2.67. The van der Waals surface area contributed by atoms with E-state index in [0.29, 0.717) is 36.4 Å². The Balaban J connectivity index is 1.37. The van der Waals surface area contributed by atoms with Gasteiger partial charge < -0.3 is 15.1 Å². The molecule has 7 heteroatoms. The second-order valence-electron chi connectivity index (χ2n) is 7.81. The van der Waals surface area contributed by atoms with E-state index >= 15 is 0 Å². The maximum atomic E-state index is 13.1. The van der Waals surface area contributed by atoms with Crippen LogP contribution >= 0.6 is 0 Å². The molecule has 1 aromatic heterocycles.